The van der Waals surface area contributed by atoms with Crippen LogP contribution in [0.2, 0.25) is 0 Å². The maximum Gasteiger partial charge on any atom is -0.0512 e. The third-order valence-electron chi connectivity index (χ3n) is 8.77. The third kappa shape index (κ3) is 5.66. The first-order valence-corrected chi connectivity index (χ1v) is 17.9. The molecule has 0 aliphatic heterocycles. The molecule has 9 aromatic rings. The minimum atomic E-state index is 0.136. The Kier molecular flexibility index (Phi) is 7.47. The van der Waals surface area contributed by atoms with Gasteiger partial charge in [-0.25, -0.2) is 4.98 Å². The zero-order valence-electron chi connectivity index (χ0n) is 26.4. The summed E-state index contributed by atoms with van der Waals surface area (Å²) in [5.74, 6) is 1.95. The first kappa shape index (κ1) is 29.2. The average Bonchev–Trinajstić information content (AvgIpc) is 3.64. The van der Waals surface area contributed by atoms with Crippen LogP contribution in [0.4, 0.5) is 0 Å². The fraction of sp³-hybridized carbons (Fsp3) is 0. The minimum Gasteiger partial charge on any atom is -0.0615 e. The van der Waals surface area contributed by atoms with Gasteiger partial charge in [-0.1, -0.05) is 60.7 Å². The van der Waals surface area contributed by atoms with E-state index in [1.54, 1.807) is 0 Å². The van der Waals surface area contributed by atoms with Crippen LogP contribution < -0.4 is 0 Å². The predicted octanol–water partition coefficient (Wildman–Crippen LogP) is 10.6. The van der Waals surface area contributed by atoms with Crippen LogP contribution in [-0.4, -0.2) is 34.4 Å². The number of aromatic nitrogens is 4. The van der Waals surface area contributed by atoms with Gasteiger partial charge in [0.2, 0.25) is 0 Å². The second kappa shape index (κ2) is 12.6. The van der Waals surface area contributed by atoms with Crippen molar-refractivity contribution in [3.63, 3.8) is 0 Å². The standard InChI is InChI=1S/C44H28N4Se/c1-4-13-30(14-5-1)41-46-42(31-15-6-2-7-16-31)48-43(47-41)37-22-11-10-21-36(37)35-20-12-19-33(27-35)34-24-23-29-25-26-39-40(38(29)28-34)49-44(45-39)32-17-8-3-9-18-32/h1-28H. The van der Waals surface area contributed by atoms with Crippen LogP contribution in [0, 0.1) is 0 Å². The second-order valence-corrected chi connectivity index (χ2v) is 14.0. The fourth-order valence-electron chi connectivity index (χ4n) is 6.31. The summed E-state index contributed by atoms with van der Waals surface area (Å²) < 4.78 is 2.54. The molecule has 0 aliphatic rings. The van der Waals surface area contributed by atoms with Crippen molar-refractivity contribution in [2.45, 2.75) is 0 Å². The molecule has 0 fully saturated rings. The first-order valence-electron chi connectivity index (χ1n) is 16.2. The normalized spacial score (nSPS) is 11.3. The Labute approximate surface area is 290 Å². The molecule has 0 spiro atoms. The van der Waals surface area contributed by atoms with Gasteiger partial charge in [-0.05, 0) is 0 Å². The van der Waals surface area contributed by atoms with Crippen molar-refractivity contribution in [3.8, 4) is 66.5 Å². The molecule has 0 saturated heterocycles. The van der Waals surface area contributed by atoms with Gasteiger partial charge in [0.05, 0.1) is 0 Å². The van der Waals surface area contributed by atoms with E-state index in [-0.39, 0.29) is 14.5 Å². The molecule has 9 rings (SSSR count). The zero-order valence-corrected chi connectivity index (χ0v) is 28.1. The van der Waals surface area contributed by atoms with Gasteiger partial charge in [0.25, 0.3) is 0 Å². The van der Waals surface area contributed by atoms with Crippen molar-refractivity contribution in [1.82, 2.24) is 19.9 Å². The molecule has 49 heavy (non-hydrogen) atoms. The fourth-order valence-corrected chi connectivity index (χ4v) is 8.61. The van der Waals surface area contributed by atoms with Crippen LogP contribution in [0.3, 0.4) is 0 Å². The van der Waals surface area contributed by atoms with E-state index in [1.807, 2.05) is 66.7 Å². The van der Waals surface area contributed by atoms with Gasteiger partial charge in [0, 0.05) is 11.1 Å². The number of rotatable bonds is 6. The maximum absolute atomic E-state index is 5.05. The van der Waals surface area contributed by atoms with Crippen LogP contribution in [0.25, 0.3) is 87.1 Å². The summed E-state index contributed by atoms with van der Waals surface area (Å²) in [6.07, 6.45) is 0. The van der Waals surface area contributed by atoms with E-state index < -0.39 is 0 Å². The number of benzene rings is 7. The van der Waals surface area contributed by atoms with Crippen LogP contribution >= 0.6 is 0 Å². The van der Waals surface area contributed by atoms with Gasteiger partial charge in [0.1, 0.15) is 0 Å². The molecule has 7 aromatic carbocycles. The summed E-state index contributed by atoms with van der Waals surface area (Å²) >= 11 is 0.136. The Morgan fingerprint density at radius 1 is 0.347 bits per heavy atom. The Morgan fingerprint density at radius 3 is 1.57 bits per heavy atom. The van der Waals surface area contributed by atoms with Gasteiger partial charge in [-0.15, -0.1) is 0 Å². The first-order chi connectivity index (χ1) is 24.3. The molecule has 0 N–H and O–H groups in total. The molecule has 5 heteroatoms. The smallest absolute Gasteiger partial charge is 0.0512 e. The van der Waals surface area contributed by atoms with E-state index in [2.05, 4.69) is 103 Å². The van der Waals surface area contributed by atoms with Crippen molar-refractivity contribution in [3.05, 3.63) is 170 Å². The molecular weight excluding hydrogens is 663 g/mol. The molecule has 2 aromatic heterocycles. The van der Waals surface area contributed by atoms with E-state index in [4.69, 9.17) is 19.9 Å². The number of hydrogen-bond donors (Lipinski definition) is 0. The van der Waals surface area contributed by atoms with E-state index in [0.29, 0.717) is 17.5 Å². The molecule has 2 heterocycles. The van der Waals surface area contributed by atoms with E-state index >= 15 is 0 Å². The predicted molar refractivity (Wildman–Crippen MR) is 202 cm³/mol. The molecule has 0 bridgehead atoms. The van der Waals surface area contributed by atoms with Gasteiger partial charge in [0.15, 0.2) is 0 Å². The number of fused-ring (bicyclic) bond motifs is 3. The Hall–Kier alpha value is -6.00. The largest absolute Gasteiger partial charge is 0.0615 e. The molecule has 0 radical (unpaired) electrons. The SMILES string of the molecule is c1ccc(-c2nc(-c3ccccc3)nc(-c3ccccc3-c3cccc(-c4ccc5ccc6nc(-c7ccccc7)[se]c6c5c4)c3)n2)cc1. The second-order valence-electron chi connectivity index (χ2n) is 11.9. The Balaban J connectivity index is 1.15. The molecule has 0 saturated carbocycles. The Bertz CT molecular complexity index is 2540. The monoisotopic (exact) mass is 692 g/mol. The average molecular weight is 692 g/mol. The third-order valence-corrected chi connectivity index (χ3v) is 11.2. The van der Waals surface area contributed by atoms with Crippen molar-refractivity contribution < 1.29 is 0 Å². The molecule has 0 amide bonds. The van der Waals surface area contributed by atoms with Crippen molar-refractivity contribution in [1.29, 1.82) is 0 Å². The summed E-state index contributed by atoms with van der Waals surface area (Å²) in [5, 5.41) is 2.52. The topological polar surface area (TPSA) is 51.6 Å². The maximum atomic E-state index is 5.05. The zero-order chi connectivity index (χ0) is 32.6. The number of hydrogen-bond acceptors (Lipinski definition) is 4. The summed E-state index contributed by atoms with van der Waals surface area (Å²) in [4.78, 5) is 20.0. The molecule has 4 nitrogen and oxygen atoms in total. The van der Waals surface area contributed by atoms with Crippen LogP contribution in [0.5, 0.6) is 0 Å². The van der Waals surface area contributed by atoms with Gasteiger partial charge in [-0.2, -0.15) is 0 Å². The summed E-state index contributed by atoms with van der Waals surface area (Å²) in [6.45, 7) is 0. The molecule has 0 unspecified atom stereocenters. The molecular formula is C44H28N4Se. The summed E-state index contributed by atoms with van der Waals surface area (Å²) in [5.41, 5.74) is 9.68. The van der Waals surface area contributed by atoms with Gasteiger partial charge >= 0.3 is 215 Å². The number of nitrogens with zero attached hydrogens (tertiary/aromatic N) is 4. The van der Waals surface area contributed by atoms with Crippen molar-refractivity contribution in [2.75, 3.05) is 0 Å². The van der Waals surface area contributed by atoms with Crippen LogP contribution in [-0.2, 0) is 0 Å². The van der Waals surface area contributed by atoms with Gasteiger partial charge < -0.3 is 0 Å². The summed E-state index contributed by atoms with van der Waals surface area (Å²) in [6, 6.07) is 59.1. The Morgan fingerprint density at radius 2 is 0.878 bits per heavy atom. The van der Waals surface area contributed by atoms with E-state index in [9.17, 15) is 0 Å². The van der Waals surface area contributed by atoms with Crippen molar-refractivity contribution in [2.24, 2.45) is 0 Å². The minimum absolute atomic E-state index is 0.136. The van der Waals surface area contributed by atoms with E-state index in [1.165, 1.54) is 30.7 Å². The quantitative estimate of drug-likeness (QED) is 0.163. The van der Waals surface area contributed by atoms with E-state index in [0.717, 1.165) is 38.9 Å². The molecule has 230 valence electrons. The van der Waals surface area contributed by atoms with Crippen molar-refractivity contribution >= 4 is 35.1 Å². The molecule has 0 aliphatic carbocycles. The van der Waals surface area contributed by atoms with Crippen LogP contribution in [0.1, 0.15) is 0 Å². The summed E-state index contributed by atoms with van der Waals surface area (Å²) in [7, 11) is 0. The van der Waals surface area contributed by atoms with Crippen LogP contribution in [0.15, 0.2) is 170 Å². The molecule has 0 atom stereocenters. The van der Waals surface area contributed by atoms with Gasteiger partial charge in [-0.3, -0.25) is 0 Å².